The average molecular weight is 247 g/mol. The van der Waals surface area contributed by atoms with Crippen LogP contribution in [-0.2, 0) is 4.43 Å². The Morgan fingerprint density at radius 2 is 1.87 bits per heavy atom. The van der Waals surface area contributed by atoms with E-state index < -0.39 is 8.56 Å². The van der Waals surface area contributed by atoms with Crippen molar-refractivity contribution in [3.8, 4) is 0 Å². The number of hydrogen-bond acceptors (Lipinski definition) is 1. The van der Waals surface area contributed by atoms with E-state index in [1.165, 1.54) is 54.3 Å². The first kappa shape index (κ1) is 15.4. The molecule has 1 nitrogen and oxygen atoms in total. The highest BCUT2D eigenvalue weighted by Gasteiger charge is 2.04. The fourth-order valence-electron chi connectivity index (χ4n) is 1.72. The van der Waals surface area contributed by atoms with Crippen LogP contribution in [0.15, 0.2) is 0 Å². The summed E-state index contributed by atoms with van der Waals surface area (Å²) in [4.78, 5) is 0. The number of hydrogen-bond donors (Lipinski definition) is 0. The molecule has 1 atom stereocenters. The molecule has 0 N–H and O–H groups in total. The summed E-state index contributed by atoms with van der Waals surface area (Å²) in [5, 5.41) is 0. The third kappa shape index (κ3) is 12.3. The van der Waals surface area contributed by atoms with Crippen LogP contribution in [0.3, 0.4) is 0 Å². The molecular formula is C12H30OSi2. The molecule has 92 valence electrons. The smallest absolute Gasteiger partial charge is 0.154 e. The van der Waals surface area contributed by atoms with Crippen molar-refractivity contribution in [2.24, 2.45) is 5.92 Å². The highest BCUT2D eigenvalue weighted by molar-refractivity contribution is 6.99. The summed E-state index contributed by atoms with van der Waals surface area (Å²) < 4.78 is 5.97. The fraction of sp³-hybridized carbons (Fsp3) is 1.00. The maximum absolute atomic E-state index is 5.97. The van der Waals surface area contributed by atoms with Crippen molar-refractivity contribution in [1.82, 2.24) is 0 Å². The molecule has 0 saturated heterocycles. The molecule has 0 bridgehead atoms. The predicted octanol–water partition coefficient (Wildman–Crippen LogP) is 2.61. The van der Waals surface area contributed by atoms with E-state index in [0.717, 1.165) is 12.5 Å². The minimum Gasteiger partial charge on any atom is -0.424 e. The largest absolute Gasteiger partial charge is 0.424 e. The Hall–Kier alpha value is 0.394. The van der Waals surface area contributed by atoms with Crippen LogP contribution in [0.25, 0.3) is 0 Å². The molecule has 0 aromatic heterocycles. The van der Waals surface area contributed by atoms with Gasteiger partial charge in [0, 0.05) is 16.4 Å². The van der Waals surface area contributed by atoms with Gasteiger partial charge in [0.25, 0.3) is 0 Å². The maximum Gasteiger partial charge on any atom is 0.154 e. The highest BCUT2D eigenvalue weighted by Crippen LogP contribution is 2.07. The molecule has 0 heterocycles. The van der Waals surface area contributed by atoms with Gasteiger partial charge in [-0.15, -0.1) is 0 Å². The lowest BCUT2D eigenvalue weighted by Gasteiger charge is -2.12. The van der Waals surface area contributed by atoms with Gasteiger partial charge >= 0.3 is 0 Å². The van der Waals surface area contributed by atoms with Crippen LogP contribution in [0, 0.1) is 5.92 Å². The minimum atomic E-state index is -0.669. The number of unbranched alkanes of at least 4 members (excludes halogenated alkanes) is 3. The molecule has 3 heteroatoms. The van der Waals surface area contributed by atoms with Crippen LogP contribution in [0.2, 0.25) is 6.04 Å². The van der Waals surface area contributed by atoms with Crippen LogP contribution < -0.4 is 0 Å². The van der Waals surface area contributed by atoms with E-state index in [1.807, 2.05) is 0 Å². The molecule has 0 spiro atoms. The van der Waals surface area contributed by atoms with Gasteiger partial charge in [-0.05, 0) is 24.8 Å². The first-order valence-electron chi connectivity index (χ1n) is 6.78. The summed E-state index contributed by atoms with van der Waals surface area (Å²) in [7, 11) is 0.668. The molecule has 0 aromatic carbocycles. The van der Waals surface area contributed by atoms with Crippen LogP contribution in [-0.4, -0.2) is 24.9 Å². The monoisotopic (exact) mass is 246 g/mol. The second-order valence-corrected chi connectivity index (χ2v) is 11.5. The summed E-state index contributed by atoms with van der Waals surface area (Å²) in [6.07, 6.45) is 8.23. The molecule has 0 aliphatic rings. The SMILES string of the molecule is CCCCCC[SiH]([SiH3])OCCCC(C)C. The predicted molar refractivity (Wildman–Crippen MR) is 76.1 cm³/mol. The fourth-order valence-corrected chi connectivity index (χ4v) is 5.25. The van der Waals surface area contributed by atoms with Crippen molar-refractivity contribution in [3.05, 3.63) is 0 Å². The molecular weight excluding hydrogens is 216 g/mol. The van der Waals surface area contributed by atoms with Crippen molar-refractivity contribution in [2.75, 3.05) is 6.61 Å². The van der Waals surface area contributed by atoms with Gasteiger partial charge in [-0.3, -0.25) is 0 Å². The first-order valence-corrected chi connectivity index (χ1v) is 12.7. The topological polar surface area (TPSA) is 9.23 Å². The summed E-state index contributed by atoms with van der Waals surface area (Å²) in [5.74, 6) is 0.840. The Labute approximate surface area is 101 Å². The maximum atomic E-state index is 5.97. The first-order chi connectivity index (χ1) is 7.16. The molecule has 0 aliphatic heterocycles. The van der Waals surface area contributed by atoms with Gasteiger partial charge in [-0.25, -0.2) is 0 Å². The van der Waals surface area contributed by atoms with E-state index in [-0.39, 0.29) is 0 Å². The van der Waals surface area contributed by atoms with Gasteiger partial charge < -0.3 is 4.43 Å². The van der Waals surface area contributed by atoms with Crippen LogP contribution in [0.1, 0.15) is 59.3 Å². The van der Waals surface area contributed by atoms with Gasteiger partial charge in [0.05, 0.1) is 0 Å². The summed E-state index contributed by atoms with van der Waals surface area (Å²) in [6, 6.07) is 1.44. The summed E-state index contributed by atoms with van der Waals surface area (Å²) in [5.41, 5.74) is 0. The molecule has 0 fully saturated rings. The van der Waals surface area contributed by atoms with Crippen molar-refractivity contribution in [2.45, 2.75) is 65.3 Å². The van der Waals surface area contributed by atoms with Crippen molar-refractivity contribution < 1.29 is 4.43 Å². The Morgan fingerprint density at radius 1 is 1.13 bits per heavy atom. The van der Waals surface area contributed by atoms with Crippen LogP contribution in [0.5, 0.6) is 0 Å². The van der Waals surface area contributed by atoms with Gasteiger partial charge in [-0.2, -0.15) is 0 Å². The second kappa shape index (κ2) is 10.9. The second-order valence-electron chi connectivity index (χ2n) is 5.07. The van der Waals surface area contributed by atoms with Crippen molar-refractivity contribution in [3.63, 3.8) is 0 Å². The highest BCUT2D eigenvalue weighted by atomic mass is 29.2. The molecule has 1 unspecified atom stereocenters. The quantitative estimate of drug-likeness (QED) is 0.425. The third-order valence-electron chi connectivity index (χ3n) is 2.79. The molecule has 0 saturated carbocycles. The van der Waals surface area contributed by atoms with E-state index in [1.54, 1.807) is 0 Å². The lowest BCUT2D eigenvalue weighted by molar-refractivity contribution is 0.307. The van der Waals surface area contributed by atoms with E-state index in [2.05, 4.69) is 20.8 Å². The normalized spacial score (nSPS) is 13.6. The van der Waals surface area contributed by atoms with E-state index in [9.17, 15) is 0 Å². The van der Waals surface area contributed by atoms with E-state index in [0.29, 0.717) is 0 Å². The van der Waals surface area contributed by atoms with Gasteiger partial charge in [0.15, 0.2) is 8.56 Å². The Morgan fingerprint density at radius 3 is 2.47 bits per heavy atom. The summed E-state index contributed by atoms with van der Waals surface area (Å²) >= 11 is 0. The molecule has 0 radical (unpaired) electrons. The zero-order valence-electron chi connectivity index (χ0n) is 11.2. The van der Waals surface area contributed by atoms with Crippen molar-refractivity contribution >= 4 is 18.3 Å². The summed E-state index contributed by atoms with van der Waals surface area (Å²) in [6.45, 7) is 7.91. The Kier molecular flexibility index (Phi) is 11.2. The standard InChI is InChI=1S/C12H30OSi2/c1-4-5-6-7-11-15(14)13-10-8-9-12(2)3/h12,15H,4-11H2,1-3,14H3. The molecule has 0 aromatic rings. The van der Waals surface area contributed by atoms with Crippen LogP contribution >= 0.6 is 0 Å². The van der Waals surface area contributed by atoms with Gasteiger partial charge in [-0.1, -0.05) is 46.5 Å². The van der Waals surface area contributed by atoms with Crippen molar-refractivity contribution in [1.29, 1.82) is 0 Å². The molecule has 0 amide bonds. The number of rotatable bonds is 10. The van der Waals surface area contributed by atoms with Gasteiger partial charge in [0.1, 0.15) is 0 Å². The molecule has 0 rings (SSSR count). The van der Waals surface area contributed by atoms with E-state index >= 15 is 0 Å². The molecule has 15 heavy (non-hydrogen) atoms. The Bertz CT molecular complexity index is 129. The Balaban J connectivity index is 3.15. The average Bonchev–Trinajstić information content (AvgIpc) is 2.19. The lowest BCUT2D eigenvalue weighted by Crippen LogP contribution is -2.19. The van der Waals surface area contributed by atoms with Gasteiger partial charge in [0.2, 0.25) is 0 Å². The minimum absolute atomic E-state index is 0.669. The zero-order chi connectivity index (χ0) is 11.5. The molecule has 0 aliphatic carbocycles. The third-order valence-corrected chi connectivity index (χ3v) is 7.55. The van der Waals surface area contributed by atoms with E-state index in [4.69, 9.17) is 4.43 Å². The van der Waals surface area contributed by atoms with Crippen LogP contribution in [0.4, 0.5) is 0 Å². The zero-order valence-corrected chi connectivity index (χ0v) is 14.4. The lowest BCUT2D eigenvalue weighted by atomic mass is 10.1.